The predicted octanol–water partition coefficient (Wildman–Crippen LogP) is 5.41. The van der Waals surface area contributed by atoms with Gasteiger partial charge in [0.05, 0.1) is 11.1 Å². The minimum atomic E-state index is -0.474. The van der Waals surface area contributed by atoms with E-state index >= 15 is 0 Å². The van der Waals surface area contributed by atoms with Crippen molar-refractivity contribution in [3.05, 3.63) is 84.2 Å². The lowest BCUT2D eigenvalue weighted by atomic mass is 10.1. The summed E-state index contributed by atoms with van der Waals surface area (Å²) in [4.78, 5) is 15.8. The SMILES string of the molecule is Nc1cccc(C(=O)Oc2ccc3ccc4c5cc(F)ccc5[nH]c4c3c2)c1. The molecule has 0 spiro atoms. The van der Waals surface area contributed by atoms with E-state index in [1.54, 1.807) is 36.4 Å². The number of carbonyl (C=O) groups excluding carboxylic acids is 1. The minimum Gasteiger partial charge on any atom is -0.423 e. The third-order valence-electron chi connectivity index (χ3n) is 4.86. The first kappa shape index (κ1) is 16.3. The third kappa shape index (κ3) is 2.65. The summed E-state index contributed by atoms with van der Waals surface area (Å²) in [6.45, 7) is 0. The van der Waals surface area contributed by atoms with Gasteiger partial charge in [-0.3, -0.25) is 0 Å². The monoisotopic (exact) mass is 370 g/mol. The highest BCUT2D eigenvalue weighted by atomic mass is 19.1. The normalized spacial score (nSPS) is 11.3. The summed E-state index contributed by atoms with van der Waals surface area (Å²) in [5.74, 6) is -0.326. The van der Waals surface area contributed by atoms with Crippen LogP contribution >= 0.6 is 0 Å². The van der Waals surface area contributed by atoms with Gasteiger partial charge in [-0.15, -0.1) is 0 Å². The van der Waals surface area contributed by atoms with Crippen molar-refractivity contribution in [2.75, 3.05) is 5.73 Å². The van der Waals surface area contributed by atoms with E-state index in [1.807, 2.05) is 24.3 Å². The zero-order valence-electron chi connectivity index (χ0n) is 14.7. The average Bonchev–Trinajstić information content (AvgIpc) is 3.06. The maximum Gasteiger partial charge on any atom is 0.343 e. The molecule has 4 nitrogen and oxygen atoms in total. The molecule has 0 saturated carbocycles. The Morgan fingerprint density at radius 1 is 0.893 bits per heavy atom. The number of esters is 1. The van der Waals surface area contributed by atoms with Gasteiger partial charge in [-0.25, -0.2) is 9.18 Å². The molecule has 5 rings (SSSR count). The molecule has 1 aromatic heterocycles. The topological polar surface area (TPSA) is 68.1 Å². The van der Waals surface area contributed by atoms with Crippen molar-refractivity contribution >= 4 is 44.2 Å². The van der Waals surface area contributed by atoms with E-state index < -0.39 is 5.97 Å². The van der Waals surface area contributed by atoms with Gasteiger partial charge in [0, 0.05) is 27.4 Å². The van der Waals surface area contributed by atoms with E-state index in [0.29, 0.717) is 17.0 Å². The molecule has 4 aromatic carbocycles. The van der Waals surface area contributed by atoms with Crippen LogP contribution in [0.1, 0.15) is 10.4 Å². The van der Waals surface area contributed by atoms with Crippen molar-refractivity contribution in [2.45, 2.75) is 0 Å². The van der Waals surface area contributed by atoms with Crippen molar-refractivity contribution in [2.24, 2.45) is 0 Å². The Labute approximate surface area is 159 Å². The first-order valence-corrected chi connectivity index (χ1v) is 8.80. The third-order valence-corrected chi connectivity index (χ3v) is 4.86. The highest BCUT2D eigenvalue weighted by molar-refractivity contribution is 6.17. The molecule has 3 N–H and O–H groups in total. The molecule has 0 unspecified atom stereocenters. The van der Waals surface area contributed by atoms with E-state index in [9.17, 15) is 9.18 Å². The lowest BCUT2D eigenvalue weighted by Gasteiger charge is -2.07. The quantitative estimate of drug-likeness (QED) is 0.248. The van der Waals surface area contributed by atoms with Crippen LogP contribution in [0.15, 0.2) is 72.8 Å². The molecule has 5 heteroatoms. The minimum absolute atomic E-state index is 0.279. The number of fused-ring (bicyclic) bond motifs is 5. The van der Waals surface area contributed by atoms with Crippen LogP contribution in [0.25, 0.3) is 32.6 Å². The van der Waals surface area contributed by atoms with Crippen molar-refractivity contribution in [3.63, 3.8) is 0 Å². The number of halogens is 1. The smallest absolute Gasteiger partial charge is 0.343 e. The molecule has 28 heavy (non-hydrogen) atoms. The molecule has 1 heterocycles. The molecule has 5 aromatic rings. The number of benzene rings is 4. The summed E-state index contributed by atoms with van der Waals surface area (Å²) in [5.41, 5.74) is 8.35. The first-order valence-electron chi connectivity index (χ1n) is 8.80. The van der Waals surface area contributed by atoms with Crippen LogP contribution in [0, 0.1) is 5.82 Å². The molecule has 0 aliphatic carbocycles. The molecule has 0 aliphatic rings. The maximum absolute atomic E-state index is 13.7. The second-order valence-electron chi connectivity index (χ2n) is 6.70. The second-order valence-corrected chi connectivity index (χ2v) is 6.70. The van der Waals surface area contributed by atoms with Gasteiger partial charge in [-0.1, -0.05) is 24.3 Å². The summed E-state index contributed by atoms with van der Waals surface area (Å²) >= 11 is 0. The Morgan fingerprint density at radius 3 is 2.61 bits per heavy atom. The van der Waals surface area contributed by atoms with Gasteiger partial charge in [0.25, 0.3) is 0 Å². The number of hydrogen-bond acceptors (Lipinski definition) is 3. The number of H-pyrrole nitrogens is 1. The summed E-state index contributed by atoms with van der Waals surface area (Å²) in [6, 6.07) is 20.7. The molecule has 0 atom stereocenters. The van der Waals surface area contributed by atoms with E-state index in [4.69, 9.17) is 10.5 Å². The Balaban J connectivity index is 1.62. The van der Waals surface area contributed by atoms with Crippen LogP contribution in [-0.2, 0) is 0 Å². The molecular formula is C23H15FN2O2. The highest BCUT2D eigenvalue weighted by Crippen LogP contribution is 2.33. The van der Waals surface area contributed by atoms with Crippen LogP contribution in [-0.4, -0.2) is 11.0 Å². The number of anilines is 1. The fourth-order valence-corrected chi connectivity index (χ4v) is 3.54. The maximum atomic E-state index is 13.7. The van der Waals surface area contributed by atoms with Gasteiger partial charge in [0.1, 0.15) is 11.6 Å². The number of aromatic nitrogens is 1. The molecule has 0 radical (unpaired) electrons. The zero-order valence-corrected chi connectivity index (χ0v) is 14.7. The van der Waals surface area contributed by atoms with E-state index in [0.717, 1.165) is 32.6 Å². The Kier molecular flexibility index (Phi) is 3.55. The molecule has 0 fully saturated rings. The van der Waals surface area contributed by atoms with Gasteiger partial charge >= 0.3 is 5.97 Å². The average molecular weight is 370 g/mol. The Hall–Kier alpha value is -3.86. The van der Waals surface area contributed by atoms with E-state index in [2.05, 4.69) is 4.98 Å². The van der Waals surface area contributed by atoms with Crippen LogP contribution < -0.4 is 10.5 Å². The number of aromatic amines is 1. The standard InChI is InChI=1S/C23H15FN2O2/c24-15-6-9-21-20(11-15)18-8-5-13-4-7-17(12-19(13)22(18)26-21)28-23(27)14-2-1-3-16(25)10-14/h1-12,26H,25H2. The molecular weight excluding hydrogens is 355 g/mol. The number of carbonyl (C=O) groups is 1. The largest absolute Gasteiger partial charge is 0.423 e. The second kappa shape index (κ2) is 6.09. The Morgan fingerprint density at radius 2 is 1.75 bits per heavy atom. The van der Waals surface area contributed by atoms with Gasteiger partial charge < -0.3 is 15.5 Å². The molecule has 0 amide bonds. The van der Waals surface area contributed by atoms with Crippen molar-refractivity contribution in [1.82, 2.24) is 4.98 Å². The molecule has 0 aliphatic heterocycles. The zero-order chi connectivity index (χ0) is 19.3. The molecule has 0 saturated heterocycles. The van der Waals surface area contributed by atoms with E-state index in [-0.39, 0.29) is 5.82 Å². The number of nitrogens with two attached hydrogens (primary N) is 1. The van der Waals surface area contributed by atoms with Crippen LogP contribution in [0.3, 0.4) is 0 Å². The van der Waals surface area contributed by atoms with Gasteiger partial charge in [0.2, 0.25) is 0 Å². The summed E-state index contributed by atoms with van der Waals surface area (Å²) < 4.78 is 19.2. The fourth-order valence-electron chi connectivity index (χ4n) is 3.54. The number of rotatable bonds is 2. The lowest BCUT2D eigenvalue weighted by Crippen LogP contribution is -2.08. The van der Waals surface area contributed by atoms with Crippen LogP contribution in [0.4, 0.5) is 10.1 Å². The number of nitrogens with one attached hydrogen (secondary N) is 1. The Bertz CT molecular complexity index is 1390. The molecule has 0 bridgehead atoms. The lowest BCUT2D eigenvalue weighted by molar-refractivity contribution is 0.0735. The van der Waals surface area contributed by atoms with Crippen molar-refractivity contribution in [3.8, 4) is 5.75 Å². The van der Waals surface area contributed by atoms with Gasteiger partial charge in [-0.05, 0) is 53.9 Å². The highest BCUT2D eigenvalue weighted by Gasteiger charge is 2.12. The van der Waals surface area contributed by atoms with Crippen LogP contribution in [0.2, 0.25) is 0 Å². The van der Waals surface area contributed by atoms with Crippen molar-refractivity contribution in [1.29, 1.82) is 0 Å². The number of ether oxygens (including phenoxy) is 1. The summed E-state index contributed by atoms with van der Waals surface area (Å²) in [6.07, 6.45) is 0. The molecule has 136 valence electrons. The first-order chi connectivity index (χ1) is 13.6. The van der Waals surface area contributed by atoms with Gasteiger partial charge in [-0.2, -0.15) is 0 Å². The summed E-state index contributed by atoms with van der Waals surface area (Å²) in [7, 11) is 0. The van der Waals surface area contributed by atoms with E-state index in [1.165, 1.54) is 12.1 Å². The van der Waals surface area contributed by atoms with Crippen LogP contribution in [0.5, 0.6) is 5.75 Å². The summed E-state index contributed by atoms with van der Waals surface area (Å²) in [5, 5.41) is 3.62. The predicted molar refractivity (Wildman–Crippen MR) is 109 cm³/mol. The fraction of sp³-hybridized carbons (Fsp3) is 0. The number of nitrogen functional groups attached to an aromatic ring is 1. The van der Waals surface area contributed by atoms with Crippen molar-refractivity contribution < 1.29 is 13.9 Å². The number of hydrogen-bond donors (Lipinski definition) is 2. The van der Waals surface area contributed by atoms with Gasteiger partial charge in [0.15, 0.2) is 0 Å².